The maximum Gasteiger partial charge on any atom is 0.113 e. The van der Waals surface area contributed by atoms with Gasteiger partial charge in [-0.25, -0.2) is 5.84 Å². The summed E-state index contributed by atoms with van der Waals surface area (Å²) in [5, 5.41) is 0. The van der Waals surface area contributed by atoms with E-state index in [2.05, 4.69) is 10.4 Å². The molecular formula is C9H17N3. The molecule has 2 saturated carbocycles. The number of nitrogens with zero attached hydrogens (tertiary/aromatic N) is 1. The second kappa shape index (κ2) is 2.73. The molecule has 2 aliphatic rings. The van der Waals surface area contributed by atoms with Crippen LogP contribution in [0.5, 0.6) is 0 Å². The third-order valence-corrected chi connectivity index (χ3v) is 3.55. The minimum atomic E-state index is 0.625. The molecule has 0 aromatic heterocycles. The Morgan fingerprint density at radius 3 is 2.50 bits per heavy atom. The molecule has 0 heterocycles. The van der Waals surface area contributed by atoms with Gasteiger partial charge in [-0.05, 0) is 31.1 Å². The maximum atomic E-state index is 5.36. The molecule has 2 aliphatic carbocycles. The van der Waals surface area contributed by atoms with Gasteiger partial charge in [-0.3, -0.25) is 4.99 Å². The molecular weight excluding hydrogens is 150 g/mol. The molecule has 3 nitrogen and oxygen atoms in total. The quantitative estimate of drug-likeness (QED) is 0.265. The predicted molar refractivity (Wildman–Crippen MR) is 49.7 cm³/mol. The average molecular weight is 167 g/mol. The first-order valence-corrected chi connectivity index (χ1v) is 4.73. The summed E-state index contributed by atoms with van der Waals surface area (Å²) in [7, 11) is 1.81. The van der Waals surface area contributed by atoms with Crippen molar-refractivity contribution < 1.29 is 0 Å². The Bertz CT molecular complexity index is 198. The van der Waals surface area contributed by atoms with Crippen molar-refractivity contribution in [2.45, 2.75) is 32.1 Å². The maximum absolute atomic E-state index is 5.36. The highest BCUT2D eigenvalue weighted by molar-refractivity contribution is 5.84. The summed E-state index contributed by atoms with van der Waals surface area (Å²) >= 11 is 0. The smallest absolute Gasteiger partial charge is 0.113 e. The molecule has 2 fully saturated rings. The second-order valence-electron chi connectivity index (χ2n) is 4.21. The second-order valence-corrected chi connectivity index (χ2v) is 4.21. The van der Waals surface area contributed by atoms with Crippen LogP contribution in [0.1, 0.15) is 32.1 Å². The normalized spacial score (nSPS) is 28.0. The van der Waals surface area contributed by atoms with Crippen LogP contribution in [-0.4, -0.2) is 12.9 Å². The van der Waals surface area contributed by atoms with Crippen molar-refractivity contribution in [1.82, 2.24) is 5.43 Å². The van der Waals surface area contributed by atoms with Crippen molar-refractivity contribution in [3.05, 3.63) is 0 Å². The van der Waals surface area contributed by atoms with Gasteiger partial charge in [0.2, 0.25) is 0 Å². The van der Waals surface area contributed by atoms with Gasteiger partial charge in [-0.2, -0.15) is 0 Å². The van der Waals surface area contributed by atoms with Gasteiger partial charge in [0.05, 0.1) is 0 Å². The molecule has 3 heteroatoms. The van der Waals surface area contributed by atoms with E-state index in [4.69, 9.17) is 5.84 Å². The fourth-order valence-corrected chi connectivity index (χ4v) is 2.63. The molecule has 3 N–H and O–H groups in total. The molecule has 2 rings (SSSR count). The van der Waals surface area contributed by atoms with Gasteiger partial charge < -0.3 is 5.43 Å². The van der Waals surface area contributed by atoms with E-state index < -0.39 is 0 Å². The first-order chi connectivity index (χ1) is 5.79. The topological polar surface area (TPSA) is 50.4 Å². The van der Waals surface area contributed by atoms with Crippen molar-refractivity contribution in [3.8, 4) is 0 Å². The van der Waals surface area contributed by atoms with Crippen LogP contribution in [0.3, 0.4) is 0 Å². The summed E-state index contributed by atoms with van der Waals surface area (Å²) in [4.78, 5) is 4.13. The molecule has 1 spiro atoms. The zero-order valence-corrected chi connectivity index (χ0v) is 7.64. The monoisotopic (exact) mass is 167 g/mol. The molecule has 0 atom stereocenters. The van der Waals surface area contributed by atoms with Crippen molar-refractivity contribution >= 4 is 5.84 Å². The third kappa shape index (κ3) is 1.04. The Morgan fingerprint density at radius 1 is 1.50 bits per heavy atom. The highest BCUT2D eigenvalue weighted by Gasteiger charge is 2.49. The zero-order chi connectivity index (χ0) is 8.60. The van der Waals surface area contributed by atoms with Gasteiger partial charge in [0, 0.05) is 13.0 Å². The Kier molecular flexibility index (Phi) is 1.83. The lowest BCUT2D eigenvalue weighted by Crippen LogP contribution is -2.50. The number of nitrogens with one attached hydrogen (secondary N) is 1. The minimum Gasteiger partial charge on any atom is -0.312 e. The largest absolute Gasteiger partial charge is 0.312 e. The van der Waals surface area contributed by atoms with Crippen LogP contribution in [0.4, 0.5) is 0 Å². The molecule has 0 bridgehead atoms. The lowest BCUT2D eigenvalue weighted by molar-refractivity contribution is 0.00240. The van der Waals surface area contributed by atoms with Gasteiger partial charge in [0.15, 0.2) is 0 Å². The number of nitrogens with two attached hydrogens (primary N) is 1. The molecule has 0 aromatic rings. The molecule has 0 aliphatic heterocycles. The van der Waals surface area contributed by atoms with Crippen LogP contribution in [0, 0.1) is 11.3 Å². The molecule has 0 saturated heterocycles. The molecule has 0 aromatic carbocycles. The lowest BCUT2D eigenvalue weighted by atomic mass is 9.51. The predicted octanol–water partition coefficient (Wildman–Crippen LogP) is 1.06. The van der Waals surface area contributed by atoms with Crippen molar-refractivity contribution in [2.75, 3.05) is 7.05 Å². The standard InChI is InChI=1S/C9H17N3/c1-11-8(12-10)7-5-9(6-7)3-2-4-9/h7H,2-6,10H2,1H3,(H,11,12). The van der Waals surface area contributed by atoms with E-state index in [-0.39, 0.29) is 0 Å². The van der Waals surface area contributed by atoms with Gasteiger partial charge in [0.1, 0.15) is 5.84 Å². The van der Waals surface area contributed by atoms with Crippen molar-refractivity contribution in [2.24, 2.45) is 22.2 Å². The first-order valence-electron chi connectivity index (χ1n) is 4.73. The number of rotatable bonds is 1. The van der Waals surface area contributed by atoms with Gasteiger partial charge >= 0.3 is 0 Å². The summed E-state index contributed by atoms with van der Waals surface area (Å²) in [5.41, 5.74) is 3.41. The summed E-state index contributed by atoms with van der Waals surface area (Å²) in [6.45, 7) is 0. The number of hydrogen-bond donors (Lipinski definition) is 2. The Morgan fingerprint density at radius 2 is 2.17 bits per heavy atom. The lowest BCUT2D eigenvalue weighted by Gasteiger charge is -2.54. The zero-order valence-electron chi connectivity index (χ0n) is 7.64. The van der Waals surface area contributed by atoms with Gasteiger partial charge in [-0.15, -0.1) is 0 Å². The van der Waals surface area contributed by atoms with E-state index in [0.29, 0.717) is 5.92 Å². The van der Waals surface area contributed by atoms with Crippen LogP contribution >= 0.6 is 0 Å². The Hall–Kier alpha value is -0.570. The average Bonchev–Trinajstić information content (AvgIpc) is 1.91. The molecule has 12 heavy (non-hydrogen) atoms. The van der Waals surface area contributed by atoms with Crippen LogP contribution < -0.4 is 11.3 Å². The molecule has 0 radical (unpaired) electrons. The highest BCUT2D eigenvalue weighted by Crippen LogP contribution is 2.58. The first kappa shape index (κ1) is 8.05. The van der Waals surface area contributed by atoms with E-state index in [1.54, 1.807) is 7.05 Å². The molecule has 0 unspecified atom stereocenters. The van der Waals surface area contributed by atoms with Crippen molar-refractivity contribution in [1.29, 1.82) is 0 Å². The SMILES string of the molecule is CN=C(NN)C1CC2(CCC2)C1. The molecule has 0 amide bonds. The Labute approximate surface area is 73.4 Å². The Balaban J connectivity index is 1.87. The van der Waals surface area contributed by atoms with E-state index in [1.165, 1.54) is 32.1 Å². The molecule has 68 valence electrons. The number of aliphatic imine (C=N–C) groups is 1. The van der Waals surface area contributed by atoms with Crippen molar-refractivity contribution in [3.63, 3.8) is 0 Å². The summed E-state index contributed by atoms with van der Waals surface area (Å²) in [5.74, 6) is 6.98. The fraction of sp³-hybridized carbons (Fsp3) is 0.889. The fourth-order valence-electron chi connectivity index (χ4n) is 2.63. The van der Waals surface area contributed by atoms with Crippen LogP contribution in [0.25, 0.3) is 0 Å². The van der Waals surface area contributed by atoms with Crippen LogP contribution in [-0.2, 0) is 0 Å². The van der Waals surface area contributed by atoms with E-state index in [0.717, 1.165) is 11.3 Å². The van der Waals surface area contributed by atoms with Crippen LogP contribution in [0.2, 0.25) is 0 Å². The van der Waals surface area contributed by atoms with E-state index in [9.17, 15) is 0 Å². The number of hydrogen-bond acceptors (Lipinski definition) is 2. The summed E-state index contributed by atoms with van der Waals surface area (Å²) < 4.78 is 0. The number of amidine groups is 1. The third-order valence-electron chi connectivity index (χ3n) is 3.55. The number of hydrazine groups is 1. The van der Waals surface area contributed by atoms with E-state index in [1.807, 2.05) is 0 Å². The van der Waals surface area contributed by atoms with Gasteiger partial charge in [0.25, 0.3) is 0 Å². The minimum absolute atomic E-state index is 0.625. The van der Waals surface area contributed by atoms with Gasteiger partial charge in [-0.1, -0.05) is 6.42 Å². The summed E-state index contributed by atoms with van der Waals surface area (Å²) in [6, 6.07) is 0. The summed E-state index contributed by atoms with van der Waals surface area (Å²) in [6.07, 6.45) is 6.92. The van der Waals surface area contributed by atoms with Crippen LogP contribution in [0.15, 0.2) is 4.99 Å². The highest BCUT2D eigenvalue weighted by atomic mass is 15.3. The van der Waals surface area contributed by atoms with E-state index >= 15 is 0 Å².